The van der Waals surface area contributed by atoms with Crippen LogP contribution in [0.5, 0.6) is 0 Å². The SMILES string of the molecule is CCC(CN)C(=O)Nc1ccc(F)c(NC(C)=O)c1. The number of benzene rings is 1. The van der Waals surface area contributed by atoms with Crippen molar-refractivity contribution in [3.05, 3.63) is 24.0 Å². The van der Waals surface area contributed by atoms with Crippen molar-refractivity contribution in [3.8, 4) is 0 Å². The van der Waals surface area contributed by atoms with E-state index in [9.17, 15) is 14.0 Å². The molecule has 0 heterocycles. The lowest BCUT2D eigenvalue weighted by Gasteiger charge is -2.13. The van der Waals surface area contributed by atoms with Gasteiger partial charge in [0.25, 0.3) is 0 Å². The van der Waals surface area contributed by atoms with E-state index in [0.717, 1.165) is 0 Å². The number of hydrogen-bond donors (Lipinski definition) is 3. The van der Waals surface area contributed by atoms with Crippen molar-refractivity contribution in [1.82, 2.24) is 0 Å². The molecule has 4 N–H and O–H groups in total. The van der Waals surface area contributed by atoms with Gasteiger partial charge >= 0.3 is 0 Å². The lowest BCUT2D eigenvalue weighted by atomic mass is 10.1. The highest BCUT2D eigenvalue weighted by molar-refractivity contribution is 5.94. The van der Waals surface area contributed by atoms with Crippen LogP contribution < -0.4 is 16.4 Å². The predicted molar refractivity (Wildman–Crippen MR) is 72.2 cm³/mol. The standard InChI is InChI=1S/C13H18FN3O2/c1-3-9(7-15)13(19)17-10-4-5-11(14)12(6-10)16-8(2)18/h4-6,9H,3,7,15H2,1-2H3,(H,16,18)(H,17,19). The molecule has 5 nitrogen and oxygen atoms in total. The molecule has 19 heavy (non-hydrogen) atoms. The molecule has 1 aromatic carbocycles. The van der Waals surface area contributed by atoms with Crippen molar-refractivity contribution in [3.63, 3.8) is 0 Å². The Morgan fingerprint density at radius 1 is 1.37 bits per heavy atom. The summed E-state index contributed by atoms with van der Waals surface area (Å²) in [6.07, 6.45) is 0.627. The third-order valence-electron chi connectivity index (χ3n) is 2.69. The highest BCUT2D eigenvalue weighted by Crippen LogP contribution is 2.20. The number of carbonyl (C=O) groups excluding carboxylic acids is 2. The summed E-state index contributed by atoms with van der Waals surface area (Å²) < 4.78 is 13.4. The first kappa shape index (κ1) is 15.1. The zero-order chi connectivity index (χ0) is 14.4. The third kappa shape index (κ3) is 4.33. The summed E-state index contributed by atoms with van der Waals surface area (Å²) in [5, 5.41) is 5.00. The minimum Gasteiger partial charge on any atom is -0.330 e. The molecule has 0 saturated carbocycles. The van der Waals surface area contributed by atoms with Gasteiger partial charge in [-0.2, -0.15) is 0 Å². The number of nitrogens with one attached hydrogen (secondary N) is 2. The van der Waals surface area contributed by atoms with Crippen molar-refractivity contribution in [1.29, 1.82) is 0 Å². The Hall–Kier alpha value is -1.95. The Labute approximate surface area is 111 Å². The molecular weight excluding hydrogens is 249 g/mol. The Kier molecular flexibility index (Phi) is 5.44. The summed E-state index contributed by atoms with van der Waals surface area (Å²) in [6, 6.07) is 3.99. The molecule has 1 aromatic rings. The molecule has 6 heteroatoms. The first-order valence-corrected chi connectivity index (χ1v) is 6.06. The van der Waals surface area contributed by atoms with Crippen LogP contribution in [-0.4, -0.2) is 18.4 Å². The fourth-order valence-electron chi connectivity index (χ4n) is 1.59. The van der Waals surface area contributed by atoms with Gasteiger partial charge in [-0.1, -0.05) is 6.92 Å². The van der Waals surface area contributed by atoms with Crippen molar-refractivity contribution < 1.29 is 14.0 Å². The van der Waals surface area contributed by atoms with Gasteiger partial charge < -0.3 is 16.4 Å². The minimum absolute atomic E-state index is 0.0334. The molecule has 0 aliphatic rings. The van der Waals surface area contributed by atoms with Crippen LogP contribution in [0.2, 0.25) is 0 Å². The van der Waals surface area contributed by atoms with Gasteiger partial charge in [0.15, 0.2) is 0 Å². The fraction of sp³-hybridized carbons (Fsp3) is 0.385. The van der Waals surface area contributed by atoms with Crippen molar-refractivity contribution in [2.24, 2.45) is 11.7 Å². The van der Waals surface area contributed by atoms with Crippen LogP contribution in [0.1, 0.15) is 20.3 Å². The van der Waals surface area contributed by atoms with Crippen LogP contribution in [0.4, 0.5) is 15.8 Å². The van der Waals surface area contributed by atoms with E-state index >= 15 is 0 Å². The van der Waals surface area contributed by atoms with E-state index in [1.54, 1.807) is 0 Å². The molecule has 104 valence electrons. The van der Waals surface area contributed by atoms with E-state index < -0.39 is 5.82 Å². The van der Waals surface area contributed by atoms with Gasteiger partial charge in [0.2, 0.25) is 11.8 Å². The zero-order valence-corrected chi connectivity index (χ0v) is 11.0. The van der Waals surface area contributed by atoms with Crippen LogP contribution in [0.15, 0.2) is 18.2 Å². The third-order valence-corrected chi connectivity index (χ3v) is 2.69. The average molecular weight is 267 g/mol. The van der Waals surface area contributed by atoms with Gasteiger partial charge in [-0.05, 0) is 24.6 Å². The number of rotatable bonds is 5. The first-order chi connectivity index (χ1) is 8.97. The van der Waals surface area contributed by atoms with E-state index in [0.29, 0.717) is 12.1 Å². The van der Waals surface area contributed by atoms with Gasteiger partial charge in [0, 0.05) is 19.2 Å². The smallest absolute Gasteiger partial charge is 0.228 e. The van der Waals surface area contributed by atoms with Gasteiger partial charge in [0.05, 0.1) is 11.6 Å². The minimum atomic E-state index is -0.556. The van der Waals surface area contributed by atoms with Crippen LogP contribution >= 0.6 is 0 Å². The van der Waals surface area contributed by atoms with Crippen LogP contribution in [0.25, 0.3) is 0 Å². The molecule has 0 aromatic heterocycles. The molecule has 0 fully saturated rings. The molecule has 1 unspecified atom stereocenters. The summed E-state index contributed by atoms with van der Waals surface area (Å²) in [4.78, 5) is 22.7. The Morgan fingerprint density at radius 3 is 2.58 bits per heavy atom. The number of nitrogens with two attached hydrogens (primary N) is 1. The van der Waals surface area contributed by atoms with E-state index in [2.05, 4.69) is 10.6 Å². The topological polar surface area (TPSA) is 84.2 Å². The van der Waals surface area contributed by atoms with Crippen LogP contribution in [0, 0.1) is 11.7 Å². The first-order valence-electron chi connectivity index (χ1n) is 6.06. The molecule has 2 amide bonds. The number of hydrogen-bond acceptors (Lipinski definition) is 3. The predicted octanol–water partition coefficient (Wildman–Crippen LogP) is 1.71. The van der Waals surface area contributed by atoms with Crippen LogP contribution in [-0.2, 0) is 9.59 Å². The zero-order valence-electron chi connectivity index (χ0n) is 11.0. The second-order valence-electron chi connectivity index (χ2n) is 4.21. The Morgan fingerprint density at radius 2 is 2.05 bits per heavy atom. The van der Waals surface area contributed by atoms with Crippen molar-refractivity contribution in [2.45, 2.75) is 20.3 Å². The summed E-state index contributed by atoms with van der Waals surface area (Å²) in [5.41, 5.74) is 5.93. The molecule has 0 bridgehead atoms. The highest BCUT2D eigenvalue weighted by atomic mass is 19.1. The average Bonchev–Trinajstić information content (AvgIpc) is 2.34. The normalized spacial score (nSPS) is 11.8. The van der Waals surface area contributed by atoms with Gasteiger partial charge in [-0.15, -0.1) is 0 Å². The molecule has 0 radical (unpaired) electrons. The monoisotopic (exact) mass is 267 g/mol. The molecular formula is C13H18FN3O2. The molecule has 0 aliphatic carbocycles. The van der Waals surface area contributed by atoms with Gasteiger partial charge in [0.1, 0.15) is 5.82 Å². The van der Waals surface area contributed by atoms with E-state index in [-0.39, 0.29) is 30.0 Å². The van der Waals surface area contributed by atoms with Crippen molar-refractivity contribution >= 4 is 23.2 Å². The van der Waals surface area contributed by atoms with Gasteiger partial charge in [-0.25, -0.2) is 4.39 Å². The molecule has 0 aliphatic heterocycles. The second-order valence-corrected chi connectivity index (χ2v) is 4.21. The summed E-state index contributed by atoms with van der Waals surface area (Å²) in [7, 11) is 0. The molecule has 0 saturated heterocycles. The van der Waals surface area contributed by atoms with E-state index in [1.807, 2.05) is 6.92 Å². The molecule has 0 spiro atoms. The maximum absolute atomic E-state index is 13.4. The number of anilines is 2. The maximum Gasteiger partial charge on any atom is 0.228 e. The highest BCUT2D eigenvalue weighted by Gasteiger charge is 2.15. The molecule has 1 atom stereocenters. The largest absolute Gasteiger partial charge is 0.330 e. The number of amides is 2. The Bertz CT molecular complexity index is 473. The van der Waals surface area contributed by atoms with E-state index in [4.69, 9.17) is 5.73 Å². The Balaban J connectivity index is 2.84. The summed E-state index contributed by atoms with van der Waals surface area (Å²) in [6.45, 7) is 3.40. The quantitative estimate of drug-likeness (QED) is 0.759. The van der Waals surface area contributed by atoms with Crippen LogP contribution in [0.3, 0.4) is 0 Å². The summed E-state index contributed by atoms with van der Waals surface area (Å²) in [5.74, 6) is -1.44. The second kappa shape index (κ2) is 6.84. The van der Waals surface area contributed by atoms with E-state index in [1.165, 1.54) is 25.1 Å². The lowest BCUT2D eigenvalue weighted by molar-refractivity contribution is -0.119. The van der Waals surface area contributed by atoms with Gasteiger partial charge in [-0.3, -0.25) is 9.59 Å². The fourth-order valence-corrected chi connectivity index (χ4v) is 1.59. The maximum atomic E-state index is 13.4. The van der Waals surface area contributed by atoms with Crippen molar-refractivity contribution in [2.75, 3.05) is 17.2 Å². The summed E-state index contributed by atoms with van der Waals surface area (Å²) >= 11 is 0. The molecule has 1 rings (SSSR count). The number of carbonyl (C=O) groups is 2. The lowest BCUT2D eigenvalue weighted by Crippen LogP contribution is -2.28. The number of halogens is 1.